The van der Waals surface area contributed by atoms with Crippen molar-refractivity contribution in [1.82, 2.24) is 9.97 Å². The monoisotopic (exact) mass is 294 g/mol. The second kappa shape index (κ2) is 5.44. The third kappa shape index (κ3) is 4.08. The molecule has 0 bridgehead atoms. The molecular weight excluding hydrogens is 284 g/mol. The highest BCUT2D eigenvalue weighted by Crippen LogP contribution is 2.28. The van der Waals surface area contributed by atoms with Crippen LogP contribution in [0.15, 0.2) is 6.33 Å². The third-order valence-corrected chi connectivity index (χ3v) is 3.28. The van der Waals surface area contributed by atoms with Crippen LogP contribution >= 0.6 is 11.6 Å². The lowest BCUT2D eigenvalue weighted by atomic mass is 10.3. The predicted octanol–water partition coefficient (Wildman–Crippen LogP) is 0.883. The Labute approximate surface area is 108 Å². The van der Waals surface area contributed by atoms with E-state index in [1.807, 2.05) is 0 Å². The second-order valence-electron chi connectivity index (χ2n) is 3.76. The molecule has 0 spiro atoms. The van der Waals surface area contributed by atoms with E-state index in [1.54, 1.807) is 6.92 Å². The second-order valence-corrected chi connectivity index (χ2v) is 6.30. The van der Waals surface area contributed by atoms with Crippen LogP contribution in [0.2, 0.25) is 5.15 Å². The van der Waals surface area contributed by atoms with Gasteiger partial charge in [-0.2, -0.15) is 0 Å². The van der Waals surface area contributed by atoms with Crippen LogP contribution in [0, 0.1) is 10.1 Å². The lowest BCUT2D eigenvalue weighted by Gasteiger charge is -2.13. The molecule has 100 valence electrons. The van der Waals surface area contributed by atoms with E-state index in [9.17, 15) is 18.5 Å². The van der Waals surface area contributed by atoms with E-state index in [0.29, 0.717) is 0 Å². The predicted molar refractivity (Wildman–Crippen MR) is 66.5 cm³/mol. The van der Waals surface area contributed by atoms with Gasteiger partial charge >= 0.3 is 5.69 Å². The SMILES string of the molecule is CC(CS(C)(=O)=O)Nc1ncnc(Cl)c1[N+](=O)[O-]. The van der Waals surface area contributed by atoms with Crippen LogP contribution in [0.1, 0.15) is 6.92 Å². The standard InChI is InChI=1S/C8H11ClN4O4S/c1-5(3-18(2,16)17)12-8-6(13(14)15)7(9)10-4-11-8/h4-5H,3H2,1-2H3,(H,10,11,12). The summed E-state index contributed by atoms with van der Waals surface area (Å²) in [5.74, 6) is -0.276. The molecule has 0 aliphatic carbocycles. The first-order chi connectivity index (χ1) is 8.20. The van der Waals surface area contributed by atoms with Gasteiger partial charge in [0.2, 0.25) is 11.0 Å². The van der Waals surface area contributed by atoms with Gasteiger partial charge in [-0.1, -0.05) is 11.6 Å². The zero-order valence-corrected chi connectivity index (χ0v) is 11.2. The fourth-order valence-electron chi connectivity index (χ4n) is 1.35. The minimum atomic E-state index is -3.20. The molecule has 0 amide bonds. The molecule has 1 N–H and O–H groups in total. The molecule has 0 radical (unpaired) electrons. The molecule has 1 aromatic heterocycles. The first kappa shape index (κ1) is 14.6. The van der Waals surface area contributed by atoms with E-state index in [-0.39, 0.29) is 16.7 Å². The summed E-state index contributed by atoms with van der Waals surface area (Å²) in [6.45, 7) is 1.57. The van der Waals surface area contributed by atoms with Crippen molar-refractivity contribution in [3.05, 3.63) is 21.6 Å². The Morgan fingerprint density at radius 1 is 1.56 bits per heavy atom. The molecule has 0 aliphatic rings. The molecule has 10 heteroatoms. The molecule has 8 nitrogen and oxygen atoms in total. The van der Waals surface area contributed by atoms with Gasteiger partial charge in [-0.25, -0.2) is 18.4 Å². The quantitative estimate of drug-likeness (QED) is 0.487. The molecule has 1 heterocycles. The van der Waals surface area contributed by atoms with Gasteiger partial charge in [-0.15, -0.1) is 0 Å². The Morgan fingerprint density at radius 2 is 2.17 bits per heavy atom. The maximum absolute atomic E-state index is 11.1. The molecule has 1 aromatic rings. The zero-order chi connectivity index (χ0) is 13.9. The number of anilines is 1. The average molecular weight is 295 g/mol. The average Bonchev–Trinajstić information content (AvgIpc) is 2.13. The van der Waals surface area contributed by atoms with Crippen molar-refractivity contribution in [1.29, 1.82) is 0 Å². The summed E-state index contributed by atoms with van der Waals surface area (Å²) < 4.78 is 22.2. The Balaban J connectivity index is 2.98. The summed E-state index contributed by atoms with van der Waals surface area (Å²) in [6.07, 6.45) is 2.14. The van der Waals surface area contributed by atoms with Gasteiger partial charge in [0, 0.05) is 12.3 Å². The van der Waals surface area contributed by atoms with Gasteiger partial charge in [0.25, 0.3) is 0 Å². The highest BCUT2D eigenvalue weighted by atomic mass is 35.5. The smallest absolute Gasteiger partial charge is 0.348 e. The van der Waals surface area contributed by atoms with Crippen molar-refractivity contribution in [3.63, 3.8) is 0 Å². The fraction of sp³-hybridized carbons (Fsp3) is 0.500. The van der Waals surface area contributed by atoms with Crippen LogP contribution in [0.5, 0.6) is 0 Å². The Bertz CT molecular complexity index is 562. The molecular formula is C8H11ClN4O4S. The van der Waals surface area contributed by atoms with E-state index in [0.717, 1.165) is 12.6 Å². The van der Waals surface area contributed by atoms with Crippen LogP contribution in [-0.2, 0) is 9.84 Å². The number of nitro groups is 1. The van der Waals surface area contributed by atoms with Crippen LogP contribution < -0.4 is 5.32 Å². The van der Waals surface area contributed by atoms with E-state index >= 15 is 0 Å². The van der Waals surface area contributed by atoms with E-state index in [1.165, 1.54) is 0 Å². The Kier molecular flexibility index (Phi) is 4.41. The normalized spacial score (nSPS) is 13.1. The molecule has 0 saturated heterocycles. The van der Waals surface area contributed by atoms with Gasteiger partial charge in [0.15, 0.2) is 0 Å². The summed E-state index contributed by atoms with van der Waals surface area (Å²) in [5, 5.41) is 13.1. The summed E-state index contributed by atoms with van der Waals surface area (Å²) in [7, 11) is -3.20. The highest BCUT2D eigenvalue weighted by Gasteiger charge is 2.23. The first-order valence-electron chi connectivity index (χ1n) is 4.80. The van der Waals surface area contributed by atoms with E-state index in [2.05, 4.69) is 15.3 Å². The van der Waals surface area contributed by atoms with Gasteiger partial charge in [-0.3, -0.25) is 10.1 Å². The number of hydrogen-bond acceptors (Lipinski definition) is 7. The van der Waals surface area contributed by atoms with E-state index in [4.69, 9.17) is 11.6 Å². The lowest BCUT2D eigenvalue weighted by molar-refractivity contribution is -0.384. The highest BCUT2D eigenvalue weighted by molar-refractivity contribution is 7.90. The molecule has 0 aromatic carbocycles. The summed E-state index contributed by atoms with van der Waals surface area (Å²) in [5.41, 5.74) is -0.473. The molecule has 0 fully saturated rings. The summed E-state index contributed by atoms with van der Waals surface area (Å²) in [6, 6.07) is -0.537. The molecule has 1 atom stereocenters. The maximum atomic E-state index is 11.1. The minimum Gasteiger partial charge on any atom is -0.361 e. The number of aromatic nitrogens is 2. The van der Waals surface area contributed by atoms with Gasteiger partial charge in [0.1, 0.15) is 16.2 Å². The molecule has 1 unspecified atom stereocenters. The number of hydrogen-bond donors (Lipinski definition) is 1. The molecule has 1 rings (SSSR count). The Morgan fingerprint density at radius 3 is 2.67 bits per heavy atom. The van der Waals surface area contributed by atoms with Crippen molar-refractivity contribution in [2.45, 2.75) is 13.0 Å². The van der Waals surface area contributed by atoms with Crippen molar-refractivity contribution in [2.24, 2.45) is 0 Å². The topological polar surface area (TPSA) is 115 Å². The summed E-state index contributed by atoms with van der Waals surface area (Å²) >= 11 is 5.59. The number of rotatable bonds is 5. The number of sulfone groups is 1. The van der Waals surface area contributed by atoms with Crippen LogP contribution in [0.3, 0.4) is 0 Å². The van der Waals surface area contributed by atoms with Gasteiger partial charge < -0.3 is 5.32 Å². The number of nitrogens with zero attached hydrogens (tertiary/aromatic N) is 3. The Hall–Kier alpha value is -1.48. The van der Waals surface area contributed by atoms with E-state index < -0.39 is 26.5 Å². The largest absolute Gasteiger partial charge is 0.361 e. The van der Waals surface area contributed by atoms with Crippen molar-refractivity contribution in [2.75, 3.05) is 17.3 Å². The fourth-order valence-corrected chi connectivity index (χ4v) is 2.55. The lowest BCUT2D eigenvalue weighted by Crippen LogP contribution is -2.26. The third-order valence-electron chi connectivity index (χ3n) is 1.90. The maximum Gasteiger partial charge on any atom is 0.348 e. The number of nitrogens with one attached hydrogen (secondary N) is 1. The molecule has 18 heavy (non-hydrogen) atoms. The molecule has 0 saturated carbocycles. The van der Waals surface area contributed by atoms with Crippen LogP contribution in [0.4, 0.5) is 11.5 Å². The molecule has 0 aliphatic heterocycles. The first-order valence-corrected chi connectivity index (χ1v) is 7.23. The van der Waals surface area contributed by atoms with Crippen LogP contribution in [-0.4, -0.2) is 41.4 Å². The van der Waals surface area contributed by atoms with Crippen molar-refractivity contribution < 1.29 is 13.3 Å². The van der Waals surface area contributed by atoms with Gasteiger partial charge in [-0.05, 0) is 6.92 Å². The van der Waals surface area contributed by atoms with Crippen molar-refractivity contribution in [3.8, 4) is 0 Å². The van der Waals surface area contributed by atoms with Crippen LogP contribution in [0.25, 0.3) is 0 Å². The minimum absolute atomic E-state index is 0.101. The number of halogens is 1. The van der Waals surface area contributed by atoms with Gasteiger partial charge in [0.05, 0.1) is 10.7 Å². The van der Waals surface area contributed by atoms with Crippen molar-refractivity contribution >= 4 is 32.9 Å². The summed E-state index contributed by atoms with van der Waals surface area (Å²) in [4.78, 5) is 17.3. The zero-order valence-electron chi connectivity index (χ0n) is 9.62.